The molecule has 2 atom stereocenters. The molecule has 4 nitrogen and oxygen atoms in total. The van der Waals surface area contributed by atoms with E-state index in [-0.39, 0.29) is 12.5 Å². The van der Waals surface area contributed by atoms with E-state index in [0.29, 0.717) is 6.42 Å². The number of unbranched alkanes of at least 4 members (excludes halogenated alkanes) is 29. The van der Waals surface area contributed by atoms with E-state index in [4.69, 9.17) is 0 Å². The molecular weight excluding hydrogens is 867 g/mol. The van der Waals surface area contributed by atoms with Crippen molar-refractivity contribution in [3.8, 4) is 0 Å². The molecule has 0 aromatic heterocycles. The minimum absolute atomic E-state index is 0.0786. The van der Waals surface area contributed by atoms with E-state index in [0.717, 1.165) is 83.5 Å². The summed E-state index contributed by atoms with van der Waals surface area (Å²) in [4.78, 5) is 12.5. The Bertz CT molecular complexity index is 1390. The van der Waals surface area contributed by atoms with Crippen LogP contribution >= 0.6 is 0 Å². The number of hydrogen-bond acceptors (Lipinski definition) is 3. The molecule has 0 saturated carbocycles. The summed E-state index contributed by atoms with van der Waals surface area (Å²) in [5.41, 5.74) is 0. The smallest absolute Gasteiger partial charge is 0.220 e. The fourth-order valence-electron chi connectivity index (χ4n) is 8.60. The molecule has 71 heavy (non-hydrogen) atoms. The quantitative estimate of drug-likeness (QED) is 0.0420. The van der Waals surface area contributed by atoms with E-state index in [2.05, 4.69) is 129 Å². The monoisotopic (exact) mass is 982 g/mol. The van der Waals surface area contributed by atoms with Gasteiger partial charge in [0, 0.05) is 6.42 Å². The minimum atomic E-state index is -0.875. The lowest BCUT2D eigenvalue weighted by atomic mass is 10.0. The zero-order valence-corrected chi connectivity index (χ0v) is 46.7. The number of aliphatic hydroxyl groups is 2. The van der Waals surface area contributed by atoms with Crippen molar-refractivity contribution in [2.75, 3.05) is 6.61 Å². The summed E-state index contributed by atoms with van der Waals surface area (Å²) >= 11 is 0. The molecule has 4 heteroatoms. The van der Waals surface area contributed by atoms with Crippen molar-refractivity contribution < 1.29 is 15.0 Å². The second-order valence-corrected chi connectivity index (χ2v) is 20.0. The molecule has 3 N–H and O–H groups in total. The van der Waals surface area contributed by atoms with E-state index in [1.807, 2.05) is 6.08 Å². The van der Waals surface area contributed by atoms with Crippen LogP contribution in [-0.4, -0.2) is 34.9 Å². The van der Waals surface area contributed by atoms with Crippen LogP contribution in [0.1, 0.15) is 277 Å². The number of allylic oxidation sites excluding steroid dienone is 19. The maximum absolute atomic E-state index is 12.5. The first kappa shape index (κ1) is 67.8. The number of aliphatic hydroxyl groups excluding tert-OH is 2. The van der Waals surface area contributed by atoms with Gasteiger partial charge in [-0.3, -0.25) is 4.79 Å². The lowest BCUT2D eigenvalue weighted by Gasteiger charge is -2.19. The van der Waals surface area contributed by atoms with Gasteiger partial charge in [0.25, 0.3) is 0 Å². The molecule has 0 aromatic rings. The predicted molar refractivity (Wildman–Crippen MR) is 317 cm³/mol. The van der Waals surface area contributed by atoms with E-state index < -0.39 is 12.1 Å². The maximum Gasteiger partial charge on any atom is 0.220 e. The second kappa shape index (κ2) is 61.1. The molecule has 0 bridgehead atoms. The molecule has 0 heterocycles. The van der Waals surface area contributed by atoms with Crippen LogP contribution in [0.15, 0.2) is 122 Å². The first-order valence-corrected chi connectivity index (χ1v) is 30.2. The van der Waals surface area contributed by atoms with Gasteiger partial charge in [-0.1, -0.05) is 289 Å². The third-order valence-corrected chi connectivity index (χ3v) is 13.2. The normalized spacial score (nSPS) is 13.7. The highest BCUT2D eigenvalue weighted by atomic mass is 16.3. The molecule has 0 aliphatic carbocycles. The highest BCUT2D eigenvalue weighted by Gasteiger charge is 2.18. The molecular formula is C67H115NO3. The molecule has 0 rings (SSSR count). The fraction of sp³-hybridized carbons (Fsp3) is 0.687. The molecule has 0 aliphatic heterocycles. The number of hydrogen-bond donors (Lipinski definition) is 3. The zero-order chi connectivity index (χ0) is 51.3. The maximum atomic E-state index is 12.5. The molecule has 1 amide bonds. The summed E-state index contributed by atoms with van der Waals surface area (Å²) in [6.07, 6.45) is 93.8. The lowest BCUT2D eigenvalue weighted by molar-refractivity contribution is -0.123. The van der Waals surface area contributed by atoms with Crippen LogP contribution in [0.5, 0.6) is 0 Å². The highest BCUT2D eigenvalue weighted by Crippen LogP contribution is 2.16. The standard InChI is InChI=1S/C67H115NO3/c1-3-5-7-9-11-13-15-17-19-21-23-24-25-26-27-28-29-30-31-32-33-34-35-36-37-38-39-40-41-42-43-44-45-47-49-51-53-55-57-59-61-63-67(71)68-65(64-69)66(70)62-60-58-56-54-52-50-48-46-22-20-18-16-14-12-10-8-6-4-2/h5,7,11,13,17,19,22-24,26-27,29-30,32-33,46,52,54,60,62,65-66,69-70H,3-4,6,8-10,12,14-16,18,20-21,25,28,31,34-45,47-51,53,55-59,61,63-64H2,1-2H3,(H,68,71)/b7-5-,13-11-,19-17-,24-23-,27-26-,30-29-,33-32-,46-22+,54-52+,62-60+. The lowest BCUT2D eigenvalue weighted by Crippen LogP contribution is -2.45. The Balaban J connectivity index is 3.52. The Labute approximate surface area is 441 Å². The van der Waals surface area contributed by atoms with Crippen molar-refractivity contribution in [1.29, 1.82) is 0 Å². The van der Waals surface area contributed by atoms with Crippen molar-refractivity contribution in [2.24, 2.45) is 0 Å². The fourth-order valence-corrected chi connectivity index (χ4v) is 8.60. The van der Waals surface area contributed by atoms with Gasteiger partial charge in [-0.2, -0.15) is 0 Å². The molecule has 0 spiro atoms. The van der Waals surface area contributed by atoms with Crippen LogP contribution in [0, 0.1) is 0 Å². The molecule has 0 aliphatic rings. The van der Waals surface area contributed by atoms with Crippen LogP contribution in [0.25, 0.3) is 0 Å². The second-order valence-electron chi connectivity index (χ2n) is 20.0. The molecule has 0 aromatic carbocycles. The molecule has 2 unspecified atom stereocenters. The Morgan fingerprint density at radius 2 is 0.634 bits per heavy atom. The van der Waals surface area contributed by atoms with Crippen LogP contribution < -0.4 is 5.32 Å². The van der Waals surface area contributed by atoms with Gasteiger partial charge in [-0.15, -0.1) is 0 Å². The SMILES string of the molecule is CC/C=C\C/C=C\C/C=C\C/C=C\C/C=C\C/C=C\C/C=C\CCCCCCCCCCCCCCCCCCCCCC(=O)NC(CO)C(O)/C=C/CC/C=C/CC/C=C/CCCCCCCCCC. The van der Waals surface area contributed by atoms with E-state index in [9.17, 15) is 15.0 Å². The summed E-state index contributed by atoms with van der Waals surface area (Å²) in [5.74, 6) is -0.0786. The number of carbonyl (C=O) groups excluding carboxylic acids is 1. The van der Waals surface area contributed by atoms with Gasteiger partial charge in [0.05, 0.1) is 18.8 Å². The van der Waals surface area contributed by atoms with Gasteiger partial charge in [0.2, 0.25) is 5.91 Å². The Morgan fingerprint density at radius 1 is 0.352 bits per heavy atom. The largest absolute Gasteiger partial charge is 0.394 e. The van der Waals surface area contributed by atoms with Gasteiger partial charge in [0.1, 0.15) is 0 Å². The average Bonchev–Trinajstić information content (AvgIpc) is 3.37. The number of amides is 1. The Kier molecular flexibility index (Phi) is 58.3. The number of carbonyl (C=O) groups is 1. The van der Waals surface area contributed by atoms with Crippen LogP contribution in [-0.2, 0) is 4.79 Å². The van der Waals surface area contributed by atoms with E-state index in [1.165, 1.54) is 173 Å². The van der Waals surface area contributed by atoms with Crippen molar-refractivity contribution in [1.82, 2.24) is 5.32 Å². The Hall–Kier alpha value is -3.21. The zero-order valence-electron chi connectivity index (χ0n) is 46.7. The Morgan fingerprint density at radius 3 is 0.986 bits per heavy atom. The summed E-state index contributed by atoms with van der Waals surface area (Å²) in [6, 6.07) is -0.651. The number of nitrogens with one attached hydrogen (secondary N) is 1. The molecule has 0 fully saturated rings. The third kappa shape index (κ3) is 57.6. The summed E-state index contributed by atoms with van der Waals surface area (Å²) < 4.78 is 0. The van der Waals surface area contributed by atoms with Crippen LogP contribution in [0.4, 0.5) is 0 Å². The first-order chi connectivity index (χ1) is 35.2. The first-order valence-electron chi connectivity index (χ1n) is 30.2. The van der Waals surface area contributed by atoms with Crippen molar-refractivity contribution >= 4 is 5.91 Å². The van der Waals surface area contributed by atoms with Gasteiger partial charge >= 0.3 is 0 Å². The van der Waals surface area contributed by atoms with Crippen molar-refractivity contribution in [3.05, 3.63) is 122 Å². The summed E-state index contributed by atoms with van der Waals surface area (Å²) in [5, 5.41) is 23.1. The van der Waals surface area contributed by atoms with Crippen molar-refractivity contribution in [2.45, 2.75) is 289 Å². The third-order valence-electron chi connectivity index (χ3n) is 13.2. The summed E-state index contributed by atoms with van der Waals surface area (Å²) in [7, 11) is 0. The topological polar surface area (TPSA) is 69.6 Å². The van der Waals surface area contributed by atoms with E-state index in [1.54, 1.807) is 6.08 Å². The summed E-state index contributed by atoms with van der Waals surface area (Å²) in [6.45, 7) is 4.18. The van der Waals surface area contributed by atoms with Gasteiger partial charge in [-0.05, 0) is 103 Å². The van der Waals surface area contributed by atoms with Crippen LogP contribution in [0.3, 0.4) is 0 Å². The average molecular weight is 983 g/mol. The van der Waals surface area contributed by atoms with Gasteiger partial charge < -0.3 is 15.5 Å². The molecule has 0 saturated heterocycles. The highest BCUT2D eigenvalue weighted by molar-refractivity contribution is 5.76. The van der Waals surface area contributed by atoms with Crippen LogP contribution in [0.2, 0.25) is 0 Å². The molecule has 0 radical (unpaired) electrons. The predicted octanol–water partition coefficient (Wildman–Crippen LogP) is 20.4. The molecule has 406 valence electrons. The van der Waals surface area contributed by atoms with Gasteiger partial charge in [-0.25, -0.2) is 0 Å². The number of rotatable bonds is 54. The van der Waals surface area contributed by atoms with E-state index >= 15 is 0 Å². The minimum Gasteiger partial charge on any atom is -0.394 e. The van der Waals surface area contributed by atoms with Gasteiger partial charge in [0.15, 0.2) is 0 Å². The van der Waals surface area contributed by atoms with Crippen molar-refractivity contribution in [3.63, 3.8) is 0 Å².